The van der Waals surface area contributed by atoms with E-state index in [0.29, 0.717) is 0 Å². The van der Waals surface area contributed by atoms with E-state index in [0.717, 1.165) is 0 Å². The summed E-state index contributed by atoms with van der Waals surface area (Å²) in [6, 6.07) is 0. The SMILES string of the molecule is CC(CN)CS(=O)(=O)CC(N)=O. The number of amides is 1. The van der Waals surface area contributed by atoms with Crippen molar-refractivity contribution < 1.29 is 13.2 Å². The van der Waals surface area contributed by atoms with Crippen LogP contribution in [0.4, 0.5) is 0 Å². The molecule has 0 aliphatic heterocycles. The highest BCUT2D eigenvalue weighted by atomic mass is 32.2. The minimum Gasteiger partial charge on any atom is -0.369 e. The number of primary amides is 1. The van der Waals surface area contributed by atoms with E-state index in [1.54, 1.807) is 6.92 Å². The Kier molecular flexibility index (Phi) is 4.19. The van der Waals surface area contributed by atoms with Crippen LogP contribution in [0.15, 0.2) is 0 Å². The van der Waals surface area contributed by atoms with Crippen LogP contribution < -0.4 is 11.5 Å². The molecule has 6 heteroatoms. The standard InChI is InChI=1S/C6H14N2O3S/c1-5(2-7)3-12(10,11)4-6(8)9/h5H,2-4,7H2,1H3,(H2,8,9). The van der Waals surface area contributed by atoms with Crippen LogP contribution in [-0.4, -0.2) is 32.4 Å². The van der Waals surface area contributed by atoms with Crippen LogP contribution in [0.2, 0.25) is 0 Å². The van der Waals surface area contributed by atoms with E-state index < -0.39 is 21.5 Å². The first-order valence-electron chi connectivity index (χ1n) is 3.56. The first kappa shape index (κ1) is 11.4. The van der Waals surface area contributed by atoms with Gasteiger partial charge in [-0.05, 0) is 12.5 Å². The Balaban J connectivity index is 4.15. The zero-order valence-electron chi connectivity index (χ0n) is 6.99. The van der Waals surface area contributed by atoms with Gasteiger partial charge in [0.25, 0.3) is 0 Å². The van der Waals surface area contributed by atoms with Crippen molar-refractivity contribution in [2.24, 2.45) is 17.4 Å². The molecule has 0 saturated heterocycles. The predicted molar refractivity (Wildman–Crippen MR) is 46.1 cm³/mol. The monoisotopic (exact) mass is 194 g/mol. The van der Waals surface area contributed by atoms with Crippen molar-refractivity contribution in [3.8, 4) is 0 Å². The summed E-state index contributed by atoms with van der Waals surface area (Å²) in [6.45, 7) is 2.00. The topological polar surface area (TPSA) is 103 Å². The lowest BCUT2D eigenvalue weighted by Crippen LogP contribution is -2.29. The molecule has 0 spiro atoms. The number of nitrogens with two attached hydrogens (primary N) is 2. The third-order valence-electron chi connectivity index (χ3n) is 1.30. The molecular weight excluding hydrogens is 180 g/mol. The summed E-state index contributed by atoms with van der Waals surface area (Å²) < 4.78 is 22.1. The number of carbonyl (C=O) groups is 1. The van der Waals surface area contributed by atoms with Gasteiger partial charge in [-0.3, -0.25) is 4.79 Å². The van der Waals surface area contributed by atoms with Crippen molar-refractivity contribution in [3.63, 3.8) is 0 Å². The summed E-state index contributed by atoms with van der Waals surface area (Å²) in [5, 5.41) is 0. The Morgan fingerprint density at radius 3 is 2.33 bits per heavy atom. The molecule has 0 rings (SSSR count). The Morgan fingerprint density at radius 1 is 1.50 bits per heavy atom. The molecule has 5 nitrogen and oxygen atoms in total. The van der Waals surface area contributed by atoms with Gasteiger partial charge in [0.05, 0.1) is 5.75 Å². The van der Waals surface area contributed by atoms with Crippen LogP contribution in [-0.2, 0) is 14.6 Å². The summed E-state index contributed by atoms with van der Waals surface area (Å²) in [4.78, 5) is 10.3. The number of rotatable bonds is 5. The van der Waals surface area contributed by atoms with Crippen LogP contribution >= 0.6 is 0 Å². The van der Waals surface area contributed by atoms with Crippen molar-refractivity contribution in [1.82, 2.24) is 0 Å². The molecule has 1 amide bonds. The van der Waals surface area contributed by atoms with E-state index >= 15 is 0 Å². The van der Waals surface area contributed by atoms with E-state index in [1.165, 1.54) is 0 Å². The average molecular weight is 194 g/mol. The molecule has 72 valence electrons. The first-order chi connectivity index (χ1) is 5.37. The van der Waals surface area contributed by atoms with Crippen LogP contribution in [0.3, 0.4) is 0 Å². The fraction of sp³-hybridized carbons (Fsp3) is 0.833. The Labute approximate surface area is 72.0 Å². The third-order valence-corrected chi connectivity index (χ3v) is 3.10. The maximum Gasteiger partial charge on any atom is 0.232 e. The van der Waals surface area contributed by atoms with Gasteiger partial charge in [-0.15, -0.1) is 0 Å². The Hall–Kier alpha value is -0.620. The predicted octanol–water partition coefficient (Wildman–Crippen LogP) is -1.52. The van der Waals surface area contributed by atoms with Gasteiger partial charge in [0.15, 0.2) is 9.84 Å². The second-order valence-electron chi connectivity index (χ2n) is 2.86. The normalized spacial score (nSPS) is 14.2. The van der Waals surface area contributed by atoms with E-state index in [-0.39, 0.29) is 18.2 Å². The average Bonchev–Trinajstić information content (AvgIpc) is 1.83. The second-order valence-corrected chi connectivity index (χ2v) is 4.97. The second kappa shape index (κ2) is 4.42. The number of hydrogen-bond acceptors (Lipinski definition) is 4. The molecule has 0 heterocycles. The molecule has 0 aliphatic rings. The van der Waals surface area contributed by atoms with Crippen LogP contribution in [0.25, 0.3) is 0 Å². The molecular formula is C6H14N2O3S. The zero-order valence-corrected chi connectivity index (χ0v) is 7.80. The fourth-order valence-electron chi connectivity index (χ4n) is 0.777. The molecule has 0 bridgehead atoms. The Bertz CT molecular complexity index is 248. The van der Waals surface area contributed by atoms with Crippen LogP contribution in [0.1, 0.15) is 6.92 Å². The molecule has 0 aliphatic carbocycles. The largest absolute Gasteiger partial charge is 0.369 e. The van der Waals surface area contributed by atoms with Crippen molar-refractivity contribution in [1.29, 1.82) is 0 Å². The summed E-state index contributed by atoms with van der Waals surface area (Å²) >= 11 is 0. The van der Waals surface area contributed by atoms with Crippen molar-refractivity contribution in [3.05, 3.63) is 0 Å². The van der Waals surface area contributed by atoms with Crippen LogP contribution in [0.5, 0.6) is 0 Å². The van der Waals surface area contributed by atoms with Gasteiger partial charge in [-0.25, -0.2) is 8.42 Å². The molecule has 0 aromatic carbocycles. The van der Waals surface area contributed by atoms with Gasteiger partial charge in [0.1, 0.15) is 5.75 Å². The molecule has 4 N–H and O–H groups in total. The van der Waals surface area contributed by atoms with Crippen molar-refractivity contribution in [2.45, 2.75) is 6.92 Å². The maximum atomic E-state index is 11.1. The maximum absolute atomic E-state index is 11.1. The molecule has 0 fully saturated rings. The number of carbonyl (C=O) groups excluding carboxylic acids is 1. The summed E-state index contributed by atoms with van der Waals surface area (Å²) in [5.41, 5.74) is 9.98. The fourth-order valence-corrected chi connectivity index (χ4v) is 2.33. The molecule has 0 aromatic rings. The van der Waals surface area contributed by atoms with E-state index in [4.69, 9.17) is 11.5 Å². The van der Waals surface area contributed by atoms with Gasteiger partial charge in [0.2, 0.25) is 5.91 Å². The lowest BCUT2D eigenvalue weighted by molar-refractivity contribution is -0.115. The van der Waals surface area contributed by atoms with Gasteiger partial charge in [-0.2, -0.15) is 0 Å². The first-order valence-corrected chi connectivity index (χ1v) is 5.38. The van der Waals surface area contributed by atoms with E-state index in [2.05, 4.69) is 0 Å². The summed E-state index contributed by atoms with van der Waals surface area (Å²) in [6.07, 6.45) is 0. The smallest absolute Gasteiger partial charge is 0.232 e. The number of sulfone groups is 1. The molecule has 1 unspecified atom stereocenters. The van der Waals surface area contributed by atoms with Gasteiger partial charge < -0.3 is 11.5 Å². The highest BCUT2D eigenvalue weighted by Gasteiger charge is 2.17. The van der Waals surface area contributed by atoms with E-state index in [1.807, 2.05) is 0 Å². The van der Waals surface area contributed by atoms with Crippen molar-refractivity contribution in [2.75, 3.05) is 18.1 Å². The minimum absolute atomic E-state index is 0.0769. The Morgan fingerprint density at radius 2 is 2.00 bits per heavy atom. The molecule has 12 heavy (non-hydrogen) atoms. The number of hydrogen-bond donors (Lipinski definition) is 2. The highest BCUT2D eigenvalue weighted by molar-refractivity contribution is 7.92. The van der Waals surface area contributed by atoms with Gasteiger partial charge in [0, 0.05) is 0 Å². The summed E-state index contributed by atoms with van der Waals surface area (Å²) in [5.74, 6) is -1.61. The van der Waals surface area contributed by atoms with Gasteiger partial charge >= 0.3 is 0 Å². The molecule has 0 radical (unpaired) electrons. The van der Waals surface area contributed by atoms with Crippen molar-refractivity contribution >= 4 is 15.7 Å². The zero-order chi connectivity index (χ0) is 9.78. The quantitative estimate of drug-likeness (QED) is 0.554. The molecule has 1 atom stereocenters. The minimum atomic E-state index is -3.35. The third kappa shape index (κ3) is 5.09. The van der Waals surface area contributed by atoms with Crippen LogP contribution in [0, 0.1) is 5.92 Å². The van der Waals surface area contributed by atoms with E-state index in [9.17, 15) is 13.2 Å². The lowest BCUT2D eigenvalue weighted by Gasteiger charge is -2.07. The summed E-state index contributed by atoms with van der Waals surface area (Å²) in [7, 11) is -3.35. The lowest BCUT2D eigenvalue weighted by atomic mass is 10.2. The van der Waals surface area contributed by atoms with Gasteiger partial charge in [-0.1, -0.05) is 6.92 Å². The highest BCUT2D eigenvalue weighted by Crippen LogP contribution is 1.99. The molecule has 0 aromatic heterocycles. The molecule has 0 saturated carbocycles.